The van der Waals surface area contributed by atoms with Crippen molar-refractivity contribution in [1.29, 1.82) is 0 Å². The molecule has 0 spiro atoms. The van der Waals surface area contributed by atoms with Crippen LogP contribution in [0.25, 0.3) is 10.1 Å². The van der Waals surface area contributed by atoms with Gasteiger partial charge >= 0.3 is 13.5 Å². The molecule has 18 heteroatoms. The van der Waals surface area contributed by atoms with Crippen LogP contribution in [0, 0.1) is 0 Å². The van der Waals surface area contributed by atoms with Gasteiger partial charge in [-0.3, -0.25) is 28.7 Å². The number of esters is 1. The molecule has 2 unspecified atom stereocenters. The molecule has 3 fully saturated rings. The third-order valence-corrected chi connectivity index (χ3v) is 14.5. The predicted octanol–water partition coefficient (Wildman–Crippen LogP) is 7.52. The Morgan fingerprint density at radius 2 is 1.77 bits per heavy atom. The fourth-order valence-electron chi connectivity index (χ4n) is 8.23. The third-order valence-electron chi connectivity index (χ3n) is 11.3. The lowest BCUT2D eigenvalue weighted by Gasteiger charge is -2.51. The average molecular weight is 884 g/mol. The van der Waals surface area contributed by atoms with Crippen LogP contribution in [0.1, 0.15) is 85.5 Å². The minimum atomic E-state index is -4.48. The standard InChI is InChI=1S/C43H49F3N5O8PS/c1-3-20-57-42(55)27(2)49-60(56,59-32-12-5-4-6-13-32)38(46)28-15-18-35-29(21-28)22-36(61-35)39(52)48-33-14-8-7-11-31-16-17-34(51(31)40(33)53)41(54)50-25-43(26-50,58-24-37(44)45)30-10-9-19-47-23-30/h4-6,9-10,12-13,15,18-19,21-23,27,31,33-34,37-38H,3,7-8,11,14,16-17,20,24-26H2,1-2H3,(H,48,52)(H,49,56)/t27-,31-,33-,34-,38?,60?/m0/s1. The lowest BCUT2D eigenvalue weighted by Crippen LogP contribution is -2.66. The van der Waals surface area contributed by atoms with Crippen molar-refractivity contribution >= 4 is 52.6 Å². The number of benzene rings is 2. The first kappa shape index (κ1) is 44.2. The summed E-state index contributed by atoms with van der Waals surface area (Å²) < 4.78 is 74.5. The zero-order valence-electron chi connectivity index (χ0n) is 33.8. The highest BCUT2D eigenvalue weighted by Crippen LogP contribution is 2.58. The number of nitrogens with one attached hydrogen (secondary N) is 2. The number of halogens is 3. The number of carbonyl (C=O) groups is 4. The van der Waals surface area contributed by atoms with Gasteiger partial charge in [0.15, 0.2) is 0 Å². The molecule has 4 aromatic rings. The molecule has 13 nitrogen and oxygen atoms in total. The summed E-state index contributed by atoms with van der Waals surface area (Å²) in [6, 6.07) is 14.5. The van der Waals surface area contributed by atoms with Crippen LogP contribution in [-0.4, -0.2) is 95.4 Å². The number of ether oxygens (including phenoxy) is 2. The third kappa shape index (κ3) is 9.80. The van der Waals surface area contributed by atoms with Crippen LogP contribution < -0.4 is 14.9 Å². The molecule has 2 aromatic heterocycles. The number of hydrogen-bond donors (Lipinski definition) is 2. The van der Waals surface area contributed by atoms with E-state index in [9.17, 15) is 32.5 Å². The molecule has 3 aliphatic heterocycles. The molecule has 7 rings (SSSR count). The largest absolute Gasteiger partial charge is 0.465 e. The number of amides is 3. The van der Waals surface area contributed by atoms with Crippen molar-refractivity contribution < 1.29 is 50.9 Å². The van der Waals surface area contributed by atoms with Gasteiger partial charge in [0.2, 0.25) is 17.7 Å². The Morgan fingerprint density at radius 1 is 1.00 bits per heavy atom. The van der Waals surface area contributed by atoms with Crippen LogP contribution in [0.4, 0.5) is 13.2 Å². The summed E-state index contributed by atoms with van der Waals surface area (Å²) in [7, 11) is -4.48. The number of nitrogens with zero attached hydrogens (tertiary/aromatic N) is 3. The maximum atomic E-state index is 16.5. The quantitative estimate of drug-likeness (QED) is 0.0853. The minimum absolute atomic E-state index is 0.00964. The van der Waals surface area contributed by atoms with Gasteiger partial charge in [-0.2, -0.15) is 0 Å². The van der Waals surface area contributed by atoms with Gasteiger partial charge in [-0.05, 0) is 86.4 Å². The van der Waals surface area contributed by atoms with E-state index in [2.05, 4.69) is 15.4 Å². The normalized spacial score (nSPS) is 22.0. The number of para-hydroxylation sites is 1. The predicted molar refractivity (Wildman–Crippen MR) is 222 cm³/mol. The van der Waals surface area contributed by atoms with Gasteiger partial charge < -0.3 is 29.1 Å². The highest BCUT2D eigenvalue weighted by molar-refractivity contribution is 7.57. The highest BCUT2D eigenvalue weighted by Gasteiger charge is 2.53. The smallest absolute Gasteiger partial charge is 0.355 e. The summed E-state index contributed by atoms with van der Waals surface area (Å²) in [6.07, 6.45) is 4.56. The first-order valence-electron chi connectivity index (χ1n) is 20.5. The summed E-state index contributed by atoms with van der Waals surface area (Å²) in [6.45, 7) is 2.65. The fraction of sp³-hybridized carbons (Fsp3) is 0.465. The molecule has 3 saturated heterocycles. The van der Waals surface area contributed by atoms with Gasteiger partial charge in [0.05, 0.1) is 24.6 Å². The average Bonchev–Trinajstić information content (AvgIpc) is 3.87. The molecular formula is C43H49F3N5O8PS. The Hall–Kier alpha value is -4.83. The molecule has 5 heterocycles. The summed E-state index contributed by atoms with van der Waals surface area (Å²) >= 11 is 1.14. The number of fused-ring (bicyclic) bond motifs is 2. The number of thiophene rings is 1. The number of likely N-dealkylation sites (tertiary alicyclic amines) is 1. The lowest BCUT2D eigenvalue weighted by molar-refractivity contribution is -0.187. The summed E-state index contributed by atoms with van der Waals surface area (Å²) in [4.78, 5) is 62.3. The Labute approximate surface area is 355 Å². The SMILES string of the molecule is CCCOC(=O)[C@H](C)NP(=O)(Oc1ccccc1)C(F)c1ccc2sc(C(=O)N[C@H]3CCCC[C@H]4CC[C@@H](C(=O)N5CC(OCC(F)F)(c6cccnc6)C5)N4C3=O)cc2c1. The van der Waals surface area contributed by atoms with Crippen LogP contribution in [-0.2, 0) is 34.0 Å². The molecule has 326 valence electrons. The summed E-state index contributed by atoms with van der Waals surface area (Å²) in [5.74, 6) is -3.98. The Balaban J connectivity index is 1.05. The van der Waals surface area contributed by atoms with E-state index in [0.29, 0.717) is 54.2 Å². The van der Waals surface area contributed by atoms with E-state index in [1.165, 1.54) is 42.3 Å². The number of pyridine rings is 1. The second-order valence-corrected chi connectivity index (χ2v) is 18.9. The maximum absolute atomic E-state index is 16.5. The van der Waals surface area contributed by atoms with E-state index < -0.39 is 62.1 Å². The van der Waals surface area contributed by atoms with Crippen molar-refractivity contribution in [2.24, 2.45) is 0 Å². The second kappa shape index (κ2) is 19.1. The van der Waals surface area contributed by atoms with E-state index in [1.807, 2.05) is 6.92 Å². The van der Waals surface area contributed by atoms with Gasteiger partial charge in [-0.25, -0.2) is 18.3 Å². The van der Waals surface area contributed by atoms with Crippen molar-refractivity contribution in [3.05, 3.63) is 95.1 Å². The zero-order valence-corrected chi connectivity index (χ0v) is 35.6. The first-order valence-corrected chi connectivity index (χ1v) is 23.0. The molecule has 6 atom stereocenters. The van der Waals surface area contributed by atoms with E-state index in [4.69, 9.17) is 14.0 Å². The number of carbonyl (C=O) groups excluding carboxylic acids is 4. The van der Waals surface area contributed by atoms with Crippen LogP contribution in [0.3, 0.4) is 0 Å². The van der Waals surface area contributed by atoms with Crippen molar-refractivity contribution in [1.82, 2.24) is 25.2 Å². The zero-order chi connectivity index (χ0) is 43.3. The van der Waals surface area contributed by atoms with Crippen molar-refractivity contribution in [2.75, 3.05) is 26.3 Å². The fourth-order valence-corrected chi connectivity index (χ4v) is 11.1. The van der Waals surface area contributed by atoms with Gasteiger partial charge in [0.25, 0.3) is 12.3 Å². The summed E-state index contributed by atoms with van der Waals surface area (Å²) in [5.41, 5.74) is -0.564. The molecule has 0 bridgehead atoms. The Kier molecular flexibility index (Phi) is 13.8. The number of hydrogen-bond acceptors (Lipinski definition) is 10. The molecular weight excluding hydrogens is 835 g/mol. The first-order chi connectivity index (χ1) is 29.3. The second-order valence-electron chi connectivity index (χ2n) is 15.7. The van der Waals surface area contributed by atoms with Crippen molar-refractivity contribution in [3.63, 3.8) is 0 Å². The van der Waals surface area contributed by atoms with Gasteiger partial charge in [0.1, 0.15) is 36.1 Å². The van der Waals surface area contributed by atoms with Crippen molar-refractivity contribution in [3.8, 4) is 5.75 Å². The van der Waals surface area contributed by atoms with Crippen LogP contribution >= 0.6 is 18.9 Å². The van der Waals surface area contributed by atoms with Crippen LogP contribution in [0.2, 0.25) is 0 Å². The highest BCUT2D eigenvalue weighted by atomic mass is 32.1. The van der Waals surface area contributed by atoms with E-state index in [0.717, 1.165) is 17.8 Å². The molecule has 0 saturated carbocycles. The van der Waals surface area contributed by atoms with E-state index in [-0.39, 0.29) is 53.7 Å². The van der Waals surface area contributed by atoms with Gasteiger partial charge in [0, 0.05) is 28.7 Å². The molecule has 3 amide bonds. The maximum Gasteiger partial charge on any atom is 0.355 e. The van der Waals surface area contributed by atoms with Gasteiger partial charge in [-0.1, -0.05) is 50.1 Å². The van der Waals surface area contributed by atoms with E-state index in [1.54, 1.807) is 53.6 Å². The molecule has 2 aromatic carbocycles. The number of alkyl halides is 3. The molecule has 0 aliphatic carbocycles. The monoisotopic (exact) mass is 883 g/mol. The Morgan fingerprint density at radius 3 is 2.49 bits per heavy atom. The molecule has 3 aliphatic rings. The molecule has 0 radical (unpaired) electrons. The topological polar surface area (TPSA) is 156 Å². The summed E-state index contributed by atoms with van der Waals surface area (Å²) in [5, 5.41) is 5.96. The van der Waals surface area contributed by atoms with Gasteiger partial charge in [-0.15, -0.1) is 11.3 Å². The minimum Gasteiger partial charge on any atom is -0.465 e. The Bertz CT molecular complexity index is 2250. The van der Waals surface area contributed by atoms with Crippen LogP contribution in [0.15, 0.2) is 79.1 Å². The lowest BCUT2D eigenvalue weighted by atomic mass is 9.86. The van der Waals surface area contributed by atoms with Crippen molar-refractivity contribution in [2.45, 2.75) is 101 Å². The van der Waals surface area contributed by atoms with Crippen LogP contribution in [0.5, 0.6) is 5.75 Å². The molecule has 2 N–H and O–H groups in total. The van der Waals surface area contributed by atoms with E-state index >= 15 is 4.39 Å². The number of aromatic nitrogens is 1. The number of rotatable bonds is 16. The molecule has 61 heavy (non-hydrogen) atoms.